The van der Waals surface area contributed by atoms with E-state index in [9.17, 15) is 19.6 Å². The predicted octanol–water partition coefficient (Wildman–Crippen LogP) is 3.49. The number of hydrogen-bond acceptors (Lipinski definition) is 5. The van der Waals surface area contributed by atoms with Crippen LogP contribution in [0.3, 0.4) is 0 Å². The van der Waals surface area contributed by atoms with Crippen LogP contribution in [0.5, 0.6) is 11.5 Å². The molecule has 0 saturated heterocycles. The average molecular weight is 368 g/mol. The Balaban J connectivity index is 2.03. The molecular formula is C16H17O6PS. The van der Waals surface area contributed by atoms with E-state index >= 15 is 0 Å². The van der Waals surface area contributed by atoms with Crippen LogP contribution in [0.1, 0.15) is 28.8 Å². The summed E-state index contributed by atoms with van der Waals surface area (Å²) in [6.07, 6.45) is 1.41. The molecule has 0 fully saturated rings. The molecule has 0 saturated carbocycles. The van der Waals surface area contributed by atoms with Gasteiger partial charge in [-0.1, -0.05) is 12.1 Å². The first-order chi connectivity index (χ1) is 11.2. The molecule has 0 aliphatic rings. The molecule has 0 bridgehead atoms. The third-order valence-corrected chi connectivity index (χ3v) is 5.36. The van der Waals surface area contributed by atoms with Crippen molar-refractivity contribution in [2.45, 2.75) is 24.2 Å². The molecule has 0 spiro atoms. The molecule has 0 radical (unpaired) electrons. The molecule has 2 rings (SSSR count). The molecule has 128 valence electrons. The van der Waals surface area contributed by atoms with Crippen LogP contribution in [0, 0.1) is 0 Å². The van der Waals surface area contributed by atoms with Crippen molar-refractivity contribution in [2.75, 3.05) is 0 Å². The Kier molecular flexibility index (Phi) is 6.07. The fraction of sp³-hybridized carbons (Fsp3) is 0.188. The lowest BCUT2D eigenvalue weighted by molar-refractivity contribution is 0.0977. The Morgan fingerprint density at radius 3 is 2.25 bits per heavy atom. The summed E-state index contributed by atoms with van der Waals surface area (Å²) in [5, 5.41) is 18.7. The third kappa shape index (κ3) is 5.69. The highest BCUT2D eigenvalue weighted by Crippen LogP contribution is 2.55. The maximum absolute atomic E-state index is 12.3. The van der Waals surface area contributed by atoms with Crippen LogP contribution in [0.4, 0.5) is 0 Å². The molecule has 0 heterocycles. The summed E-state index contributed by atoms with van der Waals surface area (Å²) < 4.78 is 11.2. The van der Waals surface area contributed by atoms with E-state index < -0.39 is 6.80 Å². The predicted molar refractivity (Wildman–Crippen MR) is 91.4 cm³/mol. The van der Waals surface area contributed by atoms with Gasteiger partial charge in [-0.25, -0.2) is 4.57 Å². The van der Waals surface area contributed by atoms with Crippen molar-refractivity contribution in [1.29, 1.82) is 0 Å². The summed E-state index contributed by atoms with van der Waals surface area (Å²) in [5.74, 6) is -0.227. The number of phenols is 2. The van der Waals surface area contributed by atoms with Gasteiger partial charge in [-0.2, -0.15) is 0 Å². The summed E-state index contributed by atoms with van der Waals surface area (Å²) in [4.78, 5) is 30.5. The van der Waals surface area contributed by atoms with Crippen LogP contribution in [0.25, 0.3) is 0 Å². The smallest absolute Gasteiger partial charge is 0.388 e. The van der Waals surface area contributed by atoms with Gasteiger partial charge in [0.15, 0.2) is 5.78 Å². The first-order valence-electron chi connectivity index (χ1n) is 7.14. The van der Waals surface area contributed by atoms with Crippen LogP contribution in [-0.4, -0.2) is 25.8 Å². The second-order valence-corrected chi connectivity index (χ2v) is 8.78. The van der Waals surface area contributed by atoms with Crippen molar-refractivity contribution >= 4 is 24.0 Å². The Hall–Kier alpha value is -1.79. The SMILES string of the molecule is O=C(CCCc1ccc(O)cc1)c1ccc(O)cc1SP(=O)(O)O. The number of aryl methyl sites for hydroxylation is 1. The number of hydrogen-bond donors (Lipinski definition) is 4. The zero-order valence-corrected chi connectivity index (χ0v) is 14.3. The van der Waals surface area contributed by atoms with E-state index in [4.69, 9.17) is 9.79 Å². The van der Waals surface area contributed by atoms with Gasteiger partial charge in [-0.3, -0.25) is 4.79 Å². The molecule has 2 aromatic carbocycles. The van der Waals surface area contributed by atoms with Gasteiger partial charge < -0.3 is 20.0 Å². The van der Waals surface area contributed by atoms with Gasteiger partial charge in [-0.15, -0.1) is 0 Å². The number of aromatic hydroxyl groups is 2. The molecule has 2 aromatic rings. The summed E-state index contributed by atoms with van der Waals surface area (Å²) in [7, 11) is 0. The molecule has 0 atom stereocenters. The van der Waals surface area contributed by atoms with Gasteiger partial charge in [0.05, 0.1) is 0 Å². The first kappa shape index (κ1) is 18.5. The van der Waals surface area contributed by atoms with Crippen molar-refractivity contribution in [3.63, 3.8) is 0 Å². The largest absolute Gasteiger partial charge is 0.508 e. The standard InChI is InChI=1S/C16H17O6PS/c17-12-6-4-11(5-7-12)2-1-3-15(19)14-9-8-13(18)10-16(14)24-23(20,21)22/h4-10,17-18H,1-3H2,(H2,20,21,22). The molecule has 4 N–H and O–H groups in total. The molecular weight excluding hydrogens is 351 g/mol. The van der Waals surface area contributed by atoms with E-state index in [1.165, 1.54) is 18.2 Å². The van der Waals surface area contributed by atoms with Gasteiger partial charge in [0.1, 0.15) is 11.5 Å². The molecule has 0 amide bonds. The number of phenolic OH excluding ortho intramolecular Hbond substituents is 2. The van der Waals surface area contributed by atoms with E-state index in [0.29, 0.717) is 12.8 Å². The van der Waals surface area contributed by atoms with Gasteiger partial charge in [0.25, 0.3) is 0 Å². The monoisotopic (exact) mass is 368 g/mol. The highest BCUT2D eigenvalue weighted by atomic mass is 32.7. The molecule has 24 heavy (non-hydrogen) atoms. The van der Waals surface area contributed by atoms with Crippen molar-refractivity contribution in [2.24, 2.45) is 0 Å². The van der Waals surface area contributed by atoms with Gasteiger partial charge in [0, 0.05) is 16.9 Å². The number of ketones is 1. The van der Waals surface area contributed by atoms with Crippen LogP contribution in [0.15, 0.2) is 47.4 Å². The van der Waals surface area contributed by atoms with E-state index in [1.807, 2.05) is 0 Å². The Morgan fingerprint density at radius 2 is 1.62 bits per heavy atom. The van der Waals surface area contributed by atoms with Crippen LogP contribution in [-0.2, 0) is 11.0 Å². The van der Waals surface area contributed by atoms with Crippen molar-refractivity contribution in [3.8, 4) is 11.5 Å². The van der Waals surface area contributed by atoms with Crippen molar-refractivity contribution in [1.82, 2.24) is 0 Å². The maximum atomic E-state index is 12.3. The summed E-state index contributed by atoms with van der Waals surface area (Å²) in [5.41, 5.74) is 1.17. The van der Waals surface area contributed by atoms with Gasteiger partial charge in [-0.05, 0) is 60.1 Å². The normalized spacial score (nSPS) is 11.4. The minimum atomic E-state index is -4.42. The molecule has 0 aliphatic carbocycles. The molecule has 6 nitrogen and oxygen atoms in total. The van der Waals surface area contributed by atoms with Crippen molar-refractivity contribution < 1.29 is 29.4 Å². The molecule has 8 heteroatoms. The van der Waals surface area contributed by atoms with Gasteiger partial charge in [0.2, 0.25) is 0 Å². The zero-order chi connectivity index (χ0) is 17.7. The Labute approximate surface area is 143 Å². The number of carbonyl (C=O) groups is 1. The number of benzene rings is 2. The lowest BCUT2D eigenvalue weighted by atomic mass is 10.0. The lowest BCUT2D eigenvalue weighted by Crippen LogP contribution is -2.02. The summed E-state index contributed by atoms with van der Waals surface area (Å²) in [6.45, 7) is -4.42. The topological polar surface area (TPSA) is 115 Å². The molecule has 0 aromatic heterocycles. The highest BCUT2D eigenvalue weighted by molar-refractivity contribution is 8.54. The van der Waals surface area contributed by atoms with E-state index in [-0.39, 0.29) is 45.5 Å². The Morgan fingerprint density at radius 1 is 1.00 bits per heavy atom. The molecule has 0 unspecified atom stereocenters. The number of rotatable bonds is 7. The maximum Gasteiger partial charge on any atom is 0.388 e. The minimum absolute atomic E-state index is 0.0676. The third-order valence-electron chi connectivity index (χ3n) is 3.29. The van der Waals surface area contributed by atoms with E-state index in [2.05, 4.69) is 0 Å². The van der Waals surface area contributed by atoms with Crippen molar-refractivity contribution in [3.05, 3.63) is 53.6 Å². The van der Waals surface area contributed by atoms with E-state index in [0.717, 1.165) is 5.56 Å². The second kappa shape index (κ2) is 7.85. The second-order valence-electron chi connectivity index (χ2n) is 5.21. The average Bonchev–Trinajstić information content (AvgIpc) is 2.47. The Bertz CT molecular complexity index is 769. The van der Waals surface area contributed by atoms with E-state index in [1.54, 1.807) is 24.3 Å². The summed E-state index contributed by atoms with van der Waals surface area (Å²) >= 11 is 0.259. The van der Waals surface area contributed by atoms with Crippen LogP contribution >= 0.6 is 18.2 Å². The molecule has 0 aliphatic heterocycles. The van der Waals surface area contributed by atoms with Crippen LogP contribution < -0.4 is 0 Å². The first-order valence-corrected chi connectivity index (χ1v) is 10.2. The van der Waals surface area contributed by atoms with Gasteiger partial charge >= 0.3 is 6.80 Å². The summed E-state index contributed by atoms with van der Waals surface area (Å²) in [6, 6.07) is 10.6. The fourth-order valence-electron chi connectivity index (χ4n) is 2.20. The number of Topliss-reactive ketones (excluding diaryl/α,β-unsaturated/α-hetero) is 1. The number of carbonyl (C=O) groups excluding carboxylic acids is 1. The highest BCUT2D eigenvalue weighted by Gasteiger charge is 2.21. The fourth-order valence-corrected chi connectivity index (χ4v) is 4.13. The van der Waals surface area contributed by atoms with Crippen LogP contribution in [0.2, 0.25) is 0 Å². The zero-order valence-electron chi connectivity index (χ0n) is 12.6. The lowest BCUT2D eigenvalue weighted by Gasteiger charge is -2.10. The minimum Gasteiger partial charge on any atom is -0.508 e. The quantitative estimate of drug-likeness (QED) is 0.437.